The van der Waals surface area contributed by atoms with E-state index in [1.165, 1.54) is 89.9 Å². The van der Waals surface area contributed by atoms with Crippen LogP contribution in [0.4, 0.5) is 0 Å². The van der Waals surface area contributed by atoms with E-state index >= 15 is 0 Å². The molecule has 0 aliphatic heterocycles. The van der Waals surface area contributed by atoms with Crippen molar-refractivity contribution in [3.63, 3.8) is 0 Å². The Hall–Kier alpha value is -3.33. The first kappa shape index (κ1) is 66.7. The lowest BCUT2D eigenvalue weighted by Gasteiger charge is -2.28. The molecule has 0 aromatic heterocycles. The Bertz CT molecular complexity index is 1550. The zero-order chi connectivity index (χ0) is 51.3. The Labute approximate surface area is 429 Å². The maximum Gasteiger partial charge on any atom is 0.306 e. The lowest BCUT2D eigenvalue weighted by molar-refractivity contribution is -0.870. The van der Waals surface area contributed by atoms with Gasteiger partial charge in [-0.15, -0.1) is 0 Å². The van der Waals surface area contributed by atoms with Crippen LogP contribution in [-0.2, 0) is 32.7 Å². The van der Waals surface area contributed by atoms with Crippen LogP contribution in [0.3, 0.4) is 0 Å². The van der Waals surface area contributed by atoms with Gasteiger partial charge in [0.25, 0.3) is 7.82 Å². The zero-order valence-corrected chi connectivity index (χ0v) is 46.1. The lowest BCUT2D eigenvalue weighted by Crippen LogP contribution is -2.37. The van der Waals surface area contributed by atoms with E-state index in [0.29, 0.717) is 23.9 Å². The Morgan fingerprint density at radius 2 is 0.786 bits per heavy atom. The van der Waals surface area contributed by atoms with Crippen LogP contribution >= 0.6 is 7.82 Å². The van der Waals surface area contributed by atoms with Crippen molar-refractivity contribution in [1.29, 1.82) is 0 Å². The van der Waals surface area contributed by atoms with Crippen LogP contribution in [0.15, 0.2) is 109 Å². The zero-order valence-electron chi connectivity index (χ0n) is 45.2. The molecule has 70 heavy (non-hydrogen) atoms. The van der Waals surface area contributed by atoms with Crippen LogP contribution in [0.25, 0.3) is 0 Å². The van der Waals surface area contributed by atoms with Crippen molar-refractivity contribution in [2.75, 3.05) is 47.5 Å². The van der Waals surface area contributed by atoms with Gasteiger partial charge in [-0.3, -0.25) is 14.2 Å². The first-order valence-corrected chi connectivity index (χ1v) is 29.1. The smallest absolute Gasteiger partial charge is 0.306 e. The van der Waals surface area contributed by atoms with Crippen LogP contribution in [-0.4, -0.2) is 70.0 Å². The van der Waals surface area contributed by atoms with Gasteiger partial charge in [0.05, 0.1) is 27.7 Å². The third-order valence-corrected chi connectivity index (χ3v) is 12.3. The molecule has 2 atom stereocenters. The first-order valence-electron chi connectivity index (χ1n) is 27.6. The molecule has 0 aliphatic rings. The molecule has 9 nitrogen and oxygen atoms in total. The molecule has 0 fully saturated rings. The Balaban J connectivity index is 4.19. The van der Waals surface area contributed by atoms with Crippen molar-refractivity contribution in [2.24, 2.45) is 0 Å². The van der Waals surface area contributed by atoms with E-state index in [9.17, 15) is 19.0 Å². The number of nitrogens with zero attached hydrogens (tertiary/aromatic N) is 1. The van der Waals surface area contributed by atoms with Gasteiger partial charge >= 0.3 is 11.9 Å². The summed E-state index contributed by atoms with van der Waals surface area (Å²) in [5.74, 6) is -0.906. The van der Waals surface area contributed by atoms with Crippen LogP contribution < -0.4 is 4.89 Å². The number of carbonyl (C=O) groups excluding carboxylic acids is 2. The summed E-state index contributed by atoms with van der Waals surface area (Å²) in [5.41, 5.74) is 0. The van der Waals surface area contributed by atoms with E-state index in [1.807, 2.05) is 27.2 Å². The monoisotopic (exact) mass is 996 g/mol. The van der Waals surface area contributed by atoms with E-state index < -0.39 is 32.5 Å². The molecule has 10 heteroatoms. The summed E-state index contributed by atoms with van der Waals surface area (Å²) in [4.78, 5) is 37.8. The van der Waals surface area contributed by atoms with Crippen molar-refractivity contribution >= 4 is 19.8 Å². The number of ether oxygens (including phenoxy) is 2. The van der Waals surface area contributed by atoms with E-state index in [-0.39, 0.29) is 26.1 Å². The van der Waals surface area contributed by atoms with Crippen LogP contribution in [0, 0.1) is 0 Å². The van der Waals surface area contributed by atoms with Gasteiger partial charge in [-0.2, -0.15) is 0 Å². The van der Waals surface area contributed by atoms with E-state index in [4.69, 9.17) is 18.5 Å². The van der Waals surface area contributed by atoms with Crippen molar-refractivity contribution in [1.82, 2.24) is 0 Å². The van der Waals surface area contributed by atoms with Gasteiger partial charge < -0.3 is 27.9 Å². The summed E-state index contributed by atoms with van der Waals surface area (Å²) < 4.78 is 34.0. The summed E-state index contributed by atoms with van der Waals surface area (Å²) in [5, 5.41) is 0. The van der Waals surface area contributed by atoms with Gasteiger partial charge in [-0.05, 0) is 89.9 Å². The Morgan fingerprint density at radius 3 is 1.19 bits per heavy atom. The van der Waals surface area contributed by atoms with Gasteiger partial charge in [0.1, 0.15) is 19.8 Å². The fraction of sp³-hybridized carbons (Fsp3) is 0.667. The van der Waals surface area contributed by atoms with Crippen molar-refractivity contribution in [3.05, 3.63) is 109 Å². The fourth-order valence-electron chi connectivity index (χ4n) is 7.09. The van der Waals surface area contributed by atoms with E-state index in [0.717, 1.165) is 77.0 Å². The minimum Gasteiger partial charge on any atom is -0.756 e. The number of likely N-dealkylation sites (N-methyl/N-ethyl adjacent to an activating group) is 1. The lowest BCUT2D eigenvalue weighted by atomic mass is 10.0. The summed E-state index contributed by atoms with van der Waals surface area (Å²) in [7, 11) is 1.12. The topological polar surface area (TPSA) is 111 Å². The highest BCUT2D eigenvalue weighted by atomic mass is 31.2. The van der Waals surface area contributed by atoms with Crippen LogP contribution in [0.5, 0.6) is 0 Å². The summed E-state index contributed by atoms with van der Waals surface area (Å²) in [6.07, 6.45) is 70.1. The molecule has 0 aromatic carbocycles. The number of unbranched alkanes of at least 4 members (excludes halogenated alkanes) is 17. The quantitative estimate of drug-likeness (QED) is 0.0195. The average molecular weight is 996 g/mol. The van der Waals surface area contributed by atoms with E-state index in [1.54, 1.807) is 0 Å². The number of allylic oxidation sites excluding steroid dienone is 18. The first-order chi connectivity index (χ1) is 34.0. The molecule has 0 saturated carbocycles. The predicted octanol–water partition coefficient (Wildman–Crippen LogP) is 16.4. The number of phosphoric acid groups is 1. The maximum absolute atomic E-state index is 12.7. The highest BCUT2D eigenvalue weighted by molar-refractivity contribution is 7.45. The maximum atomic E-state index is 12.7. The van der Waals surface area contributed by atoms with Crippen molar-refractivity contribution in [2.45, 2.75) is 213 Å². The normalized spacial score (nSPS) is 14.2. The van der Waals surface area contributed by atoms with Crippen LogP contribution in [0.1, 0.15) is 206 Å². The molecular formula is C60H102NO8P. The number of hydrogen-bond acceptors (Lipinski definition) is 8. The molecule has 400 valence electrons. The fourth-order valence-corrected chi connectivity index (χ4v) is 7.82. The Kier molecular flexibility index (Phi) is 48.2. The number of rotatable bonds is 49. The summed E-state index contributed by atoms with van der Waals surface area (Å²) >= 11 is 0. The second-order valence-corrected chi connectivity index (χ2v) is 20.6. The highest BCUT2D eigenvalue weighted by Crippen LogP contribution is 2.38. The SMILES string of the molecule is CC/C=C\C/C=C\C/C=C\C/C=C\C/C=C\CCCC(=O)OC(COC(=O)CCCCCCCCCCCCCCCCCC/C=C\C/C=C\C/C=C\C/C=C\CC)COP(=O)([O-])OCC[N+](C)(C)C. The molecule has 0 aromatic rings. The highest BCUT2D eigenvalue weighted by Gasteiger charge is 2.21. The number of quaternary nitrogens is 1. The van der Waals surface area contributed by atoms with Gasteiger partial charge in [0, 0.05) is 12.8 Å². The molecule has 0 amide bonds. The Morgan fingerprint density at radius 1 is 0.443 bits per heavy atom. The summed E-state index contributed by atoms with van der Waals surface area (Å²) in [6.45, 7) is 3.94. The van der Waals surface area contributed by atoms with Crippen LogP contribution in [0.2, 0.25) is 0 Å². The largest absolute Gasteiger partial charge is 0.756 e. The molecule has 0 radical (unpaired) electrons. The minimum absolute atomic E-state index is 0.0462. The molecule has 0 aliphatic carbocycles. The molecular weight excluding hydrogens is 894 g/mol. The van der Waals surface area contributed by atoms with Gasteiger partial charge in [0.2, 0.25) is 0 Å². The number of phosphoric ester groups is 1. The molecule has 0 heterocycles. The second kappa shape index (κ2) is 50.6. The minimum atomic E-state index is -4.65. The van der Waals surface area contributed by atoms with Crippen molar-refractivity contribution < 1.29 is 42.1 Å². The number of carbonyl (C=O) groups is 2. The number of esters is 2. The van der Waals surface area contributed by atoms with Gasteiger partial charge in [-0.25, -0.2) is 0 Å². The third-order valence-electron chi connectivity index (χ3n) is 11.3. The predicted molar refractivity (Wildman–Crippen MR) is 295 cm³/mol. The molecule has 0 N–H and O–H groups in total. The number of hydrogen-bond donors (Lipinski definition) is 0. The van der Waals surface area contributed by atoms with Gasteiger partial charge in [0.15, 0.2) is 6.10 Å². The van der Waals surface area contributed by atoms with Crippen molar-refractivity contribution in [3.8, 4) is 0 Å². The molecule has 0 spiro atoms. The molecule has 0 bridgehead atoms. The third kappa shape index (κ3) is 54.0. The second-order valence-electron chi connectivity index (χ2n) is 19.2. The molecule has 0 rings (SSSR count). The molecule has 2 unspecified atom stereocenters. The standard InChI is InChI=1S/C60H102NO8P/c1-6-8-10-12-14-16-18-20-22-24-25-26-27-28-29-30-31-32-33-34-35-37-38-40-42-44-46-48-50-52-59(62)66-56-58(57-68-70(64,65)67-55-54-61(3,4)5)69-60(63)53-51-49-47-45-43-41-39-36-23-21-19-17-15-13-11-9-7-2/h8-11,14-17,20-23,25-26,39,41,45,47,58H,6-7,12-13,18-19,24,27-38,40,42-44,46,48-57H2,1-5H3/b10-8-,11-9-,16-14-,17-15-,22-20-,23-21-,26-25-,41-39-,47-45-. The van der Waals surface area contributed by atoms with Gasteiger partial charge in [-0.1, -0.05) is 213 Å². The van der Waals surface area contributed by atoms with E-state index in [2.05, 4.69) is 117 Å². The summed E-state index contributed by atoms with van der Waals surface area (Å²) in [6, 6.07) is 0. The average Bonchev–Trinajstić information content (AvgIpc) is 3.32. The molecule has 0 saturated heterocycles.